The number of amidine groups is 1. The van der Waals surface area contributed by atoms with Gasteiger partial charge in [0.2, 0.25) is 0 Å². The lowest BCUT2D eigenvalue weighted by atomic mass is 10.1. The molecule has 5 nitrogen and oxygen atoms in total. The standard InChI is InChI=1S/C17H18ClF3N4O/c1-26-14-4-2-11(3-5-14)8-23-13(6-15(22)17(19,20)21)7-16-24-9-12(18)10-25-16/h2-6,9H,7-8,10,22H2,1H3,(H,24,25). The third kappa shape index (κ3) is 6.11. The third-order valence-corrected chi connectivity index (χ3v) is 3.67. The van der Waals surface area contributed by atoms with Crippen LogP contribution >= 0.6 is 11.6 Å². The number of allylic oxidation sites excluding steroid dienone is 2. The van der Waals surface area contributed by atoms with Crippen LogP contribution in [0.5, 0.6) is 5.75 Å². The van der Waals surface area contributed by atoms with E-state index in [0.717, 1.165) is 11.6 Å². The summed E-state index contributed by atoms with van der Waals surface area (Å²) in [6, 6.07) is 7.08. The maximum absolute atomic E-state index is 12.8. The van der Waals surface area contributed by atoms with Crippen molar-refractivity contribution in [1.82, 2.24) is 5.32 Å². The molecule has 0 fully saturated rings. The number of alkyl halides is 3. The van der Waals surface area contributed by atoms with E-state index in [4.69, 9.17) is 22.1 Å². The second kappa shape index (κ2) is 8.75. The number of aliphatic imine (C=N–C) groups is 2. The Morgan fingerprint density at radius 2 is 2.08 bits per heavy atom. The van der Waals surface area contributed by atoms with E-state index in [0.29, 0.717) is 16.6 Å². The van der Waals surface area contributed by atoms with Gasteiger partial charge in [0.05, 0.1) is 25.2 Å². The van der Waals surface area contributed by atoms with Crippen molar-refractivity contribution in [3.63, 3.8) is 0 Å². The molecule has 1 aromatic rings. The Morgan fingerprint density at radius 1 is 1.38 bits per heavy atom. The predicted octanol–water partition coefficient (Wildman–Crippen LogP) is 3.51. The van der Waals surface area contributed by atoms with Crippen LogP contribution in [0, 0.1) is 0 Å². The zero-order valence-electron chi connectivity index (χ0n) is 14.0. The van der Waals surface area contributed by atoms with Crippen LogP contribution in [0.25, 0.3) is 0 Å². The zero-order valence-corrected chi connectivity index (χ0v) is 14.7. The molecule has 0 radical (unpaired) electrons. The Kier molecular flexibility index (Phi) is 6.68. The second-order valence-corrected chi connectivity index (χ2v) is 5.91. The Labute approximate surface area is 154 Å². The van der Waals surface area contributed by atoms with Gasteiger partial charge >= 0.3 is 6.18 Å². The van der Waals surface area contributed by atoms with Crippen molar-refractivity contribution in [1.29, 1.82) is 0 Å². The highest BCUT2D eigenvalue weighted by atomic mass is 35.5. The largest absolute Gasteiger partial charge is 0.497 e. The summed E-state index contributed by atoms with van der Waals surface area (Å²) >= 11 is 5.80. The van der Waals surface area contributed by atoms with E-state index < -0.39 is 11.9 Å². The molecule has 140 valence electrons. The van der Waals surface area contributed by atoms with Gasteiger partial charge in [0.1, 0.15) is 17.3 Å². The average Bonchev–Trinajstić information content (AvgIpc) is 2.61. The van der Waals surface area contributed by atoms with Crippen LogP contribution in [-0.4, -0.2) is 31.4 Å². The molecular weight excluding hydrogens is 369 g/mol. The first kappa shape index (κ1) is 19.8. The molecule has 2 rings (SSSR count). The number of rotatable bonds is 6. The molecule has 1 aliphatic heterocycles. The zero-order chi connectivity index (χ0) is 19.2. The summed E-state index contributed by atoms with van der Waals surface area (Å²) in [7, 11) is 1.55. The summed E-state index contributed by atoms with van der Waals surface area (Å²) in [5.74, 6) is 1.15. The number of nitrogens with zero attached hydrogens (tertiary/aromatic N) is 2. The predicted molar refractivity (Wildman–Crippen MR) is 96.4 cm³/mol. The minimum atomic E-state index is -4.62. The van der Waals surface area contributed by atoms with Crippen LogP contribution in [0.1, 0.15) is 12.0 Å². The van der Waals surface area contributed by atoms with Crippen molar-refractivity contribution in [2.75, 3.05) is 13.7 Å². The molecule has 0 unspecified atom stereocenters. The summed E-state index contributed by atoms with van der Waals surface area (Å²) in [4.78, 5) is 8.42. The molecule has 0 bridgehead atoms. The molecule has 1 heterocycles. The lowest BCUT2D eigenvalue weighted by Crippen LogP contribution is -2.26. The monoisotopic (exact) mass is 386 g/mol. The first-order valence-corrected chi connectivity index (χ1v) is 8.00. The number of methoxy groups -OCH3 is 1. The quantitative estimate of drug-likeness (QED) is 0.735. The molecule has 0 saturated carbocycles. The molecule has 0 spiro atoms. The minimum absolute atomic E-state index is 0.0770. The van der Waals surface area contributed by atoms with Gasteiger partial charge < -0.3 is 15.8 Å². The SMILES string of the molecule is COc1ccc(CN=C(C=C(N)C(F)(F)F)CC2=NCC(Cl)=CN2)cc1. The van der Waals surface area contributed by atoms with Crippen LogP contribution < -0.4 is 15.8 Å². The van der Waals surface area contributed by atoms with Gasteiger partial charge in [0.15, 0.2) is 0 Å². The topological polar surface area (TPSA) is 72.0 Å². The molecule has 3 N–H and O–H groups in total. The Bertz CT molecular complexity index is 752. The smallest absolute Gasteiger partial charge is 0.430 e. The van der Waals surface area contributed by atoms with E-state index in [-0.39, 0.29) is 25.2 Å². The van der Waals surface area contributed by atoms with Crippen molar-refractivity contribution < 1.29 is 17.9 Å². The van der Waals surface area contributed by atoms with Crippen LogP contribution in [0.4, 0.5) is 13.2 Å². The summed E-state index contributed by atoms with van der Waals surface area (Å²) in [5.41, 5.74) is 4.90. The molecule has 0 aromatic heterocycles. The number of hydrogen-bond acceptors (Lipinski definition) is 5. The molecule has 0 saturated heterocycles. The highest BCUT2D eigenvalue weighted by Gasteiger charge is 2.31. The summed E-state index contributed by atoms with van der Waals surface area (Å²) in [6.07, 6.45) is -2.17. The van der Waals surface area contributed by atoms with Crippen molar-refractivity contribution in [3.8, 4) is 5.75 Å². The molecule has 0 aliphatic carbocycles. The third-order valence-electron chi connectivity index (χ3n) is 3.44. The highest BCUT2D eigenvalue weighted by molar-refractivity contribution is 6.30. The average molecular weight is 387 g/mol. The Morgan fingerprint density at radius 3 is 2.62 bits per heavy atom. The van der Waals surface area contributed by atoms with E-state index in [1.165, 1.54) is 0 Å². The van der Waals surface area contributed by atoms with Gasteiger partial charge in [-0.3, -0.25) is 9.98 Å². The summed E-state index contributed by atoms with van der Waals surface area (Å²) in [6.45, 7) is 0.471. The van der Waals surface area contributed by atoms with E-state index in [1.54, 1.807) is 37.6 Å². The van der Waals surface area contributed by atoms with Gasteiger partial charge in [0.25, 0.3) is 0 Å². The number of ether oxygens (including phenoxy) is 1. The summed E-state index contributed by atoms with van der Waals surface area (Å²) in [5, 5.41) is 3.34. The number of halogens is 4. The Balaban J connectivity index is 2.18. The van der Waals surface area contributed by atoms with Crippen LogP contribution in [0.3, 0.4) is 0 Å². The number of hydrogen-bond donors (Lipinski definition) is 2. The van der Waals surface area contributed by atoms with Gasteiger partial charge in [-0.15, -0.1) is 0 Å². The van der Waals surface area contributed by atoms with E-state index in [9.17, 15) is 13.2 Å². The summed E-state index contributed by atoms with van der Waals surface area (Å²) < 4.78 is 43.3. The lowest BCUT2D eigenvalue weighted by Gasteiger charge is -2.13. The van der Waals surface area contributed by atoms with Crippen molar-refractivity contribution in [2.45, 2.75) is 19.1 Å². The number of benzene rings is 1. The van der Waals surface area contributed by atoms with Crippen molar-refractivity contribution in [2.24, 2.45) is 15.7 Å². The molecule has 1 aromatic carbocycles. The van der Waals surface area contributed by atoms with Gasteiger partial charge in [-0.05, 0) is 23.8 Å². The van der Waals surface area contributed by atoms with Crippen LogP contribution in [0.2, 0.25) is 0 Å². The van der Waals surface area contributed by atoms with Gasteiger partial charge in [0, 0.05) is 18.3 Å². The molecule has 0 amide bonds. The highest BCUT2D eigenvalue weighted by Crippen LogP contribution is 2.22. The van der Waals surface area contributed by atoms with Crippen LogP contribution in [0.15, 0.2) is 57.3 Å². The maximum atomic E-state index is 12.8. The fraction of sp³-hybridized carbons (Fsp3) is 0.294. The number of nitrogens with two attached hydrogens (primary N) is 1. The first-order valence-electron chi connectivity index (χ1n) is 7.63. The fourth-order valence-electron chi connectivity index (χ4n) is 2.04. The normalized spacial score (nSPS) is 15.9. The first-order chi connectivity index (χ1) is 12.3. The minimum Gasteiger partial charge on any atom is -0.497 e. The number of nitrogens with one attached hydrogen (secondary N) is 1. The lowest BCUT2D eigenvalue weighted by molar-refractivity contribution is -0.0925. The van der Waals surface area contributed by atoms with Crippen molar-refractivity contribution >= 4 is 23.1 Å². The maximum Gasteiger partial charge on any atom is 0.430 e. The van der Waals surface area contributed by atoms with E-state index >= 15 is 0 Å². The van der Waals surface area contributed by atoms with Gasteiger partial charge in [-0.2, -0.15) is 13.2 Å². The van der Waals surface area contributed by atoms with Crippen molar-refractivity contribution in [3.05, 3.63) is 52.8 Å². The second-order valence-electron chi connectivity index (χ2n) is 5.43. The Hall–Kier alpha value is -2.48. The van der Waals surface area contributed by atoms with Gasteiger partial charge in [-0.25, -0.2) is 0 Å². The van der Waals surface area contributed by atoms with E-state index in [1.807, 2.05) is 0 Å². The van der Waals surface area contributed by atoms with Gasteiger partial charge in [-0.1, -0.05) is 23.7 Å². The molecular formula is C17H18ClF3N4O. The molecule has 9 heteroatoms. The molecule has 0 atom stereocenters. The van der Waals surface area contributed by atoms with Crippen LogP contribution in [-0.2, 0) is 6.54 Å². The van der Waals surface area contributed by atoms with E-state index in [2.05, 4.69) is 15.3 Å². The fourth-order valence-corrected chi connectivity index (χ4v) is 2.15. The molecule has 26 heavy (non-hydrogen) atoms. The molecule has 1 aliphatic rings.